The maximum absolute atomic E-state index is 9.64. The Morgan fingerprint density at radius 3 is 2.48 bits per heavy atom. The average Bonchev–Trinajstić information content (AvgIpc) is 3.23. The van der Waals surface area contributed by atoms with Crippen molar-refractivity contribution >= 4 is 38.1 Å². The van der Waals surface area contributed by atoms with Crippen LogP contribution in [0.15, 0.2) is 63.5 Å². The molecule has 0 bridgehead atoms. The monoisotopic (exact) mass is 413 g/mol. The summed E-state index contributed by atoms with van der Waals surface area (Å²) in [5, 5.41) is 18.7. The van der Waals surface area contributed by atoms with Crippen molar-refractivity contribution in [2.45, 2.75) is 19.4 Å². The van der Waals surface area contributed by atoms with Gasteiger partial charge in [-0.3, -0.25) is 0 Å². The molecule has 0 saturated heterocycles. The summed E-state index contributed by atoms with van der Waals surface area (Å²) < 4.78 is 1.05. The van der Waals surface area contributed by atoms with Crippen LogP contribution in [0.2, 0.25) is 0 Å². The first kappa shape index (κ1) is 16.3. The molecule has 1 aromatic heterocycles. The average molecular weight is 414 g/mol. The number of aromatic nitrogens is 1. The lowest BCUT2D eigenvalue weighted by molar-refractivity contribution is 0.457. The van der Waals surface area contributed by atoms with Crippen molar-refractivity contribution in [3.05, 3.63) is 75.1 Å². The van der Waals surface area contributed by atoms with Gasteiger partial charge < -0.3 is 5.11 Å². The number of aromatic hydroxyl groups is 1. The van der Waals surface area contributed by atoms with Crippen molar-refractivity contribution in [2.75, 3.05) is 5.01 Å². The molecule has 4 rings (SSSR count). The second-order valence-electron chi connectivity index (χ2n) is 6.02. The van der Waals surface area contributed by atoms with Crippen molar-refractivity contribution in [3.63, 3.8) is 0 Å². The zero-order chi connectivity index (χ0) is 17.4. The third-order valence-electron chi connectivity index (χ3n) is 4.23. The molecule has 6 heteroatoms. The van der Waals surface area contributed by atoms with Gasteiger partial charge in [0, 0.05) is 10.9 Å². The van der Waals surface area contributed by atoms with Gasteiger partial charge in [0.05, 0.1) is 17.1 Å². The zero-order valence-corrected chi connectivity index (χ0v) is 16.0. The summed E-state index contributed by atoms with van der Waals surface area (Å²) in [5.41, 5.74) is 4.54. The molecule has 25 heavy (non-hydrogen) atoms. The van der Waals surface area contributed by atoms with Crippen LogP contribution in [0.1, 0.15) is 29.2 Å². The number of hydrogen-bond donors (Lipinski definition) is 1. The fourth-order valence-electron chi connectivity index (χ4n) is 2.91. The lowest BCUT2D eigenvalue weighted by Crippen LogP contribution is -2.18. The molecule has 1 atom stereocenters. The third-order valence-corrected chi connectivity index (χ3v) is 5.57. The molecule has 1 aliphatic rings. The zero-order valence-electron chi connectivity index (χ0n) is 13.6. The van der Waals surface area contributed by atoms with Gasteiger partial charge in [-0.1, -0.05) is 69.2 Å². The van der Waals surface area contributed by atoms with Crippen LogP contribution in [-0.4, -0.2) is 15.8 Å². The second kappa shape index (κ2) is 6.61. The number of thiazole rings is 1. The van der Waals surface area contributed by atoms with E-state index in [1.807, 2.05) is 17.1 Å². The van der Waals surface area contributed by atoms with E-state index in [0.29, 0.717) is 5.13 Å². The summed E-state index contributed by atoms with van der Waals surface area (Å²) in [7, 11) is 0. The van der Waals surface area contributed by atoms with Gasteiger partial charge in [0.1, 0.15) is 0 Å². The molecule has 0 saturated carbocycles. The van der Waals surface area contributed by atoms with E-state index in [9.17, 15) is 5.11 Å². The Morgan fingerprint density at radius 1 is 1.12 bits per heavy atom. The first-order valence-corrected chi connectivity index (χ1v) is 9.61. The smallest absolute Gasteiger partial charge is 0.223 e. The molecular weight excluding hydrogens is 398 g/mol. The molecular formula is C19H16BrN3OS. The van der Waals surface area contributed by atoms with E-state index >= 15 is 0 Å². The summed E-state index contributed by atoms with van der Waals surface area (Å²) in [6, 6.07) is 16.8. The van der Waals surface area contributed by atoms with Gasteiger partial charge in [-0.2, -0.15) is 10.1 Å². The molecule has 0 radical (unpaired) electrons. The van der Waals surface area contributed by atoms with E-state index < -0.39 is 0 Å². The first-order chi connectivity index (χ1) is 12.1. The minimum absolute atomic E-state index is 0.0370. The van der Waals surface area contributed by atoms with Crippen LogP contribution < -0.4 is 5.01 Å². The van der Waals surface area contributed by atoms with Crippen molar-refractivity contribution in [3.8, 4) is 5.88 Å². The largest absolute Gasteiger partial charge is 0.493 e. The Hall–Kier alpha value is -2.18. The molecule has 0 fully saturated rings. The van der Waals surface area contributed by atoms with Gasteiger partial charge in [-0.15, -0.1) is 0 Å². The van der Waals surface area contributed by atoms with E-state index in [4.69, 9.17) is 5.10 Å². The van der Waals surface area contributed by atoms with Gasteiger partial charge in [0.2, 0.25) is 11.0 Å². The summed E-state index contributed by atoms with van der Waals surface area (Å²) >= 11 is 4.87. The quantitative estimate of drug-likeness (QED) is 0.635. The van der Waals surface area contributed by atoms with Crippen LogP contribution in [0, 0.1) is 6.92 Å². The molecule has 0 amide bonds. The number of nitrogens with zero attached hydrogens (tertiary/aromatic N) is 3. The van der Waals surface area contributed by atoms with Crippen molar-refractivity contribution < 1.29 is 5.11 Å². The highest BCUT2D eigenvalue weighted by Gasteiger charge is 2.31. The number of halogens is 1. The van der Waals surface area contributed by atoms with Crippen molar-refractivity contribution in [1.29, 1.82) is 0 Å². The van der Waals surface area contributed by atoms with E-state index in [1.165, 1.54) is 22.5 Å². The SMILES string of the molecule is Cc1ccc(C2CC(c3ccc(Br)cc3)=NN2c2nc(O)cs2)cc1. The molecule has 1 N–H and O–H groups in total. The Morgan fingerprint density at radius 2 is 1.84 bits per heavy atom. The predicted octanol–water partition coefficient (Wildman–Crippen LogP) is 5.28. The van der Waals surface area contributed by atoms with Crippen LogP contribution in [0.25, 0.3) is 0 Å². The Labute approximate surface area is 158 Å². The standard InChI is InChI=1S/C19H16BrN3OS/c1-12-2-4-14(5-3-12)17-10-16(13-6-8-15(20)9-7-13)22-23(17)19-21-18(24)11-25-19/h2-9,11,17,24H,10H2,1H3. The van der Waals surface area contributed by atoms with Crippen LogP contribution in [0.3, 0.4) is 0 Å². The number of rotatable bonds is 3. The van der Waals surface area contributed by atoms with Gasteiger partial charge in [0.15, 0.2) is 0 Å². The maximum Gasteiger partial charge on any atom is 0.223 e. The highest BCUT2D eigenvalue weighted by molar-refractivity contribution is 9.10. The molecule has 2 heterocycles. The molecule has 3 aromatic rings. The normalized spacial score (nSPS) is 17.0. The van der Waals surface area contributed by atoms with E-state index in [0.717, 1.165) is 22.2 Å². The number of hydrazone groups is 1. The predicted molar refractivity (Wildman–Crippen MR) is 105 cm³/mol. The first-order valence-electron chi connectivity index (χ1n) is 7.94. The van der Waals surface area contributed by atoms with E-state index in [-0.39, 0.29) is 11.9 Å². The topological polar surface area (TPSA) is 48.7 Å². The Bertz CT molecular complexity index is 919. The minimum Gasteiger partial charge on any atom is -0.493 e. The molecule has 126 valence electrons. The van der Waals surface area contributed by atoms with E-state index in [1.54, 1.807) is 5.38 Å². The highest BCUT2D eigenvalue weighted by atomic mass is 79.9. The van der Waals surface area contributed by atoms with Crippen LogP contribution in [-0.2, 0) is 0 Å². The Kier molecular flexibility index (Phi) is 4.31. The molecule has 0 aliphatic carbocycles. The van der Waals surface area contributed by atoms with E-state index in [2.05, 4.69) is 64.2 Å². The van der Waals surface area contributed by atoms with Gasteiger partial charge in [-0.05, 0) is 30.2 Å². The molecule has 1 aliphatic heterocycles. The van der Waals surface area contributed by atoms with Crippen molar-refractivity contribution in [1.82, 2.24) is 4.98 Å². The molecule has 4 nitrogen and oxygen atoms in total. The minimum atomic E-state index is 0.0370. The number of benzene rings is 2. The number of anilines is 1. The highest BCUT2D eigenvalue weighted by Crippen LogP contribution is 2.39. The maximum atomic E-state index is 9.64. The summed E-state index contributed by atoms with van der Waals surface area (Å²) in [6.45, 7) is 2.08. The number of hydrogen-bond acceptors (Lipinski definition) is 5. The van der Waals surface area contributed by atoms with Gasteiger partial charge >= 0.3 is 0 Å². The number of aryl methyl sites for hydroxylation is 1. The Balaban J connectivity index is 1.73. The van der Waals surface area contributed by atoms with Crippen LogP contribution in [0.4, 0.5) is 5.13 Å². The summed E-state index contributed by atoms with van der Waals surface area (Å²) in [5.74, 6) is 0.0370. The van der Waals surface area contributed by atoms with Crippen molar-refractivity contribution in [2.24, 2.45) is 5.10 Å². The van der Waals surface area contributed by atoms with Gasteiger partial charge in [0.25, 0.3) is 0 Å². The molecule has 2 aromatic carbocycles. The van der Waals surface area contributed by atoms with Gasteiger partial charge in [-0.25, -0.2) is 5.01 Å². The second-order valence-corrected chi connectivity index (χ2v) is 7.77. The fourth-order valence-corrected chi connectivity index (χ4v) is 3.86. The van der Waals surface area contributed by atoms with Crippen LogP contribution >= 0.6 is 27.3 Å². The third kappa shape index (κ3) is 3.32. The lowest BCUT2D eigenvalue weighted by atomic mass is 9.98. The fraction of sp³-hybridized carbons (Fsp3) is 0.158. The molecule has 1 unspecified atom stereocenters. The summed E-state index contributed by atoms with van der Waals surface area (Å²) in [6.07, 6.45) is 0.797. The summed E-state index contributed by atoms with van der Waals surface area (Å²) in [4.78, 5) is 4.21. The van der Waals surface area contributed by atoms with Crippen LogP contribution in [0.5, 0.6) is 5.88 Å². The molecule has 0 spiro atoms. The lowest BCUT2D eigenvalue weighted by Gasteiger charge is -2.21.